The standard InChI is InChI=1S/C15H28O4/c1-3-9-12(2)13(15(18)19)10-7-5-4-6-8-11-14(16)17/h12-13H,3-11H2,1-2H3,(H,16,17)(H,18,19). The smallest absolute Gasteiger partial charge is 0.306 e. The van der Waals surface area contributed by atoms with Crippen LogP contribution in [0.1, 0.15) is 71.6 Å². The van der Waals surface area contributed by atoms with Gasteiger partial charge < -0.3 is 10.2 Å². The second kappa shape index (κ2) is 10.8. The minimum Gasteiger partial charge on any atom is -0.481 e. The lowest BCUT2D eigenvalue weighted by atomic mass is 9.86. The van der Waals surface area contributed by atoms with Crippen molar-refractivity contribution in [3.8, 4) is 0 Å². The van der Waals surface area contributed by atoms with Crippen LogP contribution < -0.4 is 0 Å². The van der Waals surface area contributed by atoms with Gasteiger partial charge in [-0.05, 0) is 18.8 Å². The Bertz CT molecular complexity index is 263. The van der Waals surface area contributed by atoms with Gasteiger partial charge in [0.25, 0.3) is 0 Å². The molecule has 0 aromatic heterocycles. The van der Waals surface area contributed by atoms with Gasteiger partial charge in [-0.15, -0.1) is 0 Å². The maximum absolute atomic E-state index is 11.2. The van der Waals surface area contributed by atoms with Gasteiger partial charge in [0.1, 0.15) is 0 Å². The molecule has 19 heavy (non-hydrogen) atoms. The van der Waals surface area contributed by atoms with E-state index in [-0.39, 0.29) is 18.3 Å². The minimum absolute atomic E-state index is 0.223. The van der Waals surface area contributed by atoms with E-state index in [9.17, 15) is 14.7 Å². The Balaban J connectivity index is 3.70. The molecule has 0 saturated carbocycles. The average Bonchev–Trinajstić information content (AvgIpc) is 2.31. The highest BCUT2D eigenvalue weighted by molar-refractivity contribution is 5.70. The van der Waals surface area contributed by atoms with Crippen LogP contribution in [0, 0.1) is 11.8 Å². The van der Waals surface area contributed by atoms with Crippen LogP contribution in [0.2, 0.25) is 0 Å². The van der Waals surface area contributed by atoms with Gasteiger partial charge in [-0.1, -0.05) is 52.4 Å². The first-order chi connectivity index (χ1) is 8.99. The third kappa shape index (κ3) is 9.51. The summed E-state index contributed by atoms with van der Waals surface area (Å²) in [6.45, 7) is 4.10. The molecule has 0 radical (unpaired) electrons. The fraction of sp³-hybridized carbons (Fsp3) is 0.867. The van der Waals surface area contributed by atoms with Crippen molar-refractivity contribution in [2.24, 2.45) is 11.8 Å². The second-order valence-electron chi connectivity index (χ2n) is 5.41. The number of unbranched alkanes of at least 4 members (excludes halogenated alkanes) is 4. The summed E-state index contributed by atoms with van der Waals surface area (Å²) in [7, 11) is 0. The zero-order chi connectivity index (χ0) is 14.7. The van der Waals surface area contributed by atoms with Crippen molar-refractivity contribution in [2.45, 2.75) is 71.6 Å². The Morgan fingerprint density at radius 1 is 0.947 bits per heavy atom. The Morgan fingerprint density at radius 3 is 2.05 bits per heavy atom. The number of carboxylic acids is 2. The molecule has 0 fully saturated rings. The molecule has 0 spiro atoms. The van der Waals surface area contributed by atoms with E-state index in [1.165, 1.54) is 0 Å². The van der Waals surface area contributed by atoms with Gasteiger partial charge >= 0.3 is 11.9 Å². The maximum atomic E-state index is 11.2. The second-order valence-corrected chi connectivity index (χ2v) is 5.41. The number of carbonyl (C=O) groups is 2. The van der Waals surface area contributed by atoms with Crippen LogP contribution in [0.4, 0.5) is 0 Å². The van der Waals surface area contributed by atoms with Gasteiger partial charge in [-0.2, -0.15) is 0 Å². The van der Waals surface area contributed by atoms with Crippen molar-refractivity contribution in [1.82, 2.24) is 0 Å². The molecular weight excluding hydrogens is 244 g/mol. The van der Waals surface area contributed by atoms with Crippen molar-refractivity contribution >= 4 is 11.9 Å². The zero-order valence-electron chi connectivity index (χ0n) is 12.2. The highest BCUT2D eigenvalue weighted by Crippen LogP contribution is 2.23. The number of rotatable bonds is 12. The van der Waals surface area contributed by atoms with E-state index in [1.807, 2.05) is 6.92 Å². The molecule has 0 aliphatic heterocycles. The third-order valence-electron chi connectivity index (χ3n) is 3.65. The summed E-state index contributed by atoms with van der Waals surface area (Å²) < 4.78 is 0. The maximum Gasteiger partial charge on any atom is 0.306 e. The van der Waals surface area contributed by atoms with E-state index in [0.717, 1.165) is 51.4 Å². The lowest BCUT2D eigenvalue weighted by molar-refractivity contribution is -0.144. The first-order valence-corrected chi connectivity index (χ1v) is 7.43. The summed E-state index contributed by atoms with van der Waals surface area (Å²) in [6.07, 6.45) is 7.57. The molecule has 112 valence electrons. The number of carboxylic acid groups (broad SMARTS) is 2. The lowest BCUT2D eigenvalue weighted by Crippen LogP contribution is -2.21. The summed E-state index contributed by atoms with van der Waals surface area (Å²) in [5, 5.41) is 17.7. The predicted molar refractivity (Wildman–Crippen MR) is 75.2 cm³/mol. The van der Waals surface area contributed by atoms with Crippen molar-refractivity contribution < 1.29 is 19.8 Å². The number of hydrogen-bond acceptors (Lipinski definition) is 2. The predicted octanol–water partition coefficient (Wildman–Crippen LogP) is 3.94. The van der Waals surface area contributed by atoms with E-state index in [1.54, 1.807) is 0 Å². The summed E-state index contributed by atoms with van der Waals surface area (Å²) in [4.78, 5) is 21.5. The molecule has 4 nitrogen and oxygen atoms in total. The molecule has 2 atom stereocenters. The van der Waals surface area contributed by atoms with E-state index in [0.29, 0.717) is 0 Å². The van der Waals surface area contributed by atoms with Gasteiger partial charge in [0.05, 0.1) is 5.92 Å². The molecule has 0 aromatic carbocycles. The van der Waals surface area contributed by atoms with Crippen molar-refractivity contribution in [3.05, 3.63) is 0 Å². The quantitative estimate of drug-likeness (QED) is 0.528. The molecule has 0 aromatic rings. The molecule has 0 rings (SSSR count). The van der Waals surface area contributed by atoms with Gasteiger partial charge in [-0.3, -0.25) is 9.59 Å². The van der Waals surface area contributed by atoms with Crippen LogP contribution in [-0.2, 0) is 9.59 Å². The molecule has 0 aliphatic rings. The normalized spacial score (nSPS) is 14.0. The van der Waals surface area contributed by atoms with Crippen molar-refractivity contribution in [2.75, 3.05) is 0 Å². The molecular formula is C15H28O4. The first kappa shape index (κ1) is 17.9. The highest BCUT2D eigenvalue weighted by atomic mass is 16.4. The first-order valence-electron chi connectivity index (χ1n) is 7.43. The van der Waals surface area contributed by atoms with Crippen molar-refractivity contribution in [3.63, 3.8) is 0 Å². The van der Waals surface area contributed by atoms with Crippen LogP contribution >= 0.6 is 0 Å². The summed E-state index contributed by atoms with van der Waals surface area (Å²) in [6, 6.07) is 0. The van der Waals surface area contributed by atoms with Crippen molar-refractivity contribution in [1.29, 1.82) is 0 Å². The van der Waals surface area contributed by atoms with E-state index in [2.05, 4.69) is 6.92 Å². The monoisotopic (exact) mass is 272 g/mol. The molecule has 0 bridgehead atoms. The largest absolute Gasteiger partial charge is 0.481 e. The van der Waals surface area contributed by atoms with Crippen LogP contribution in [0.15, 0.2) is 0 Å². The third-order valence-corrected chi connectivity index (χ3v) is 3.65. The topological polar surface area (TPSA) is 74.6 Å². The number of hydrogen-bond donors (Lipinski definition) is 2. The summed E-state index contributed by atoms with van der Waals surface area (Å²) in [5.74, 6) is -1.39. The zero-order valence-corrected chi connectivity index (χ0v) is 12.2. The SMILES string of the molecule is CCCC(C)C(CCCCCCCC(=O)O)C(=O)O. The highest BCUT2D eigenvalue weighted by Gasteiger charge is 2.23. The average molecular weight is 272 g/mol. The molecule has 0 aliphatic carbocycles. The molecule has 2 N–H and O–H groups in total. The fourth-order valence-corrected chi connectivity index (χ4v) is 2.48. The van der Waals surface area contributed by atoms with Gasteiger partial charge in [0.15, 0.2) is 0 Å². The molecule has 0 amide bonds. The molecule has 4 heteroatoms. The van der Waals surface area contributed by atoms with Crippen LogP contribution in [-0.4, -0.2) is 22.2 Å². The van der Waals surface area contributed by atoms with Crippen LogP contribution in [0.3, 0.4) is 0 Å². The summed E-state index contributed by atoms with van der Waals surface area (Å²) >= 11 is 0. The van der Waals surface area contributed by atoms with Gasteiger partial charge in [0.2, 0.25) is 0 Å². The molecule has 0 heterocycles. The Kier molecular flexibility index (Phi) is 10.2. The van der Waals surface area contributed by atoms with E-state index >= 15 is 0 Å². The summed E-state index contributed by atoms with van der Waals surface area (Å²) in [5.41, 5.74) is 0. The fourth-order valence-electron chi connectivity index (χ4n) is 2.48. The van der Waals surface area contributed by atoms with Gasteiger partial charge in [0, 0.05) is 6.42 Å². The van der Waals surface area contributed by atoms with Gasteiger partial charge in [-0.25, -0.2) is 0 Å². The van der Waals surface area contributed by atoms with Crippen LogP contribution in [0.5, 0.6) is 0 Å². The Hall–Kier alpha value is -1.06. The molecule has 0 saturated heterocycles. The molecule has 2 unspecified atom stereocenters. The Labute approximate surface area is 116 Å². The minimum atomic E-state index is -0.737. The van der Waals surface area contributed by atoms with Crippen LogP contribution in [0.25, 0.3) is 0 Å². The Morgan fingerprint density at radius 2 is 1.53 bits per heavy atom. The number of aliphatic carboxylic acids is 2. The van der Waals surface area contributed by atoms with E-state index < -0.39 is 11.9 Å². The lowest BCUT2D eigenvalue weighted by Gasteiger charge is -2.19. The van der Waals surface area contributed by atoms with E-state index in [4.69, 9.17) is 5.11 Å².